The molecule has 4 rings (SSSR count). The summed E-state index contributed by atoms with van der Waals surface area (Å²) in [6, 6.07) is 9.20. The van der Waals surface area contributed by atoms with E-state index in [1.165, 1.54) is 0 Å². The summed E-state index contributed by atoms with van der Waals surface area (Å²) in [5, 5.41) is 11.7. The van der Waals surface area contributed by atoms with Gasteiger partial charge in [0.2, 0.25) is 12.6 Å². The van der Waals surface area contributed by atoms with Crippen molar-refractivity contribution in [1.29, 1.82) is 0 Å². The van der Waals surface area contributed by atoms with E-state index in [0.29, 0.717) is 27.3 Å². The van der Waals surface area contributed by atoms with Crippen LogP contribution in [0, 0.1) is 5.92 Å². The van der Waals surface area contributed by atoms with Crippen molar-refractivity contribution < 1.29 is 19.3 Å². The molecule has 2 aliphatic rings. The fourth-order valence-electron chi connectivity index (χ4n) is 3.34. The lowest BCUT2D eigenvalue weighted by atomic mass is 9.75. The molecule has 126 valence electrons. The molecular formula is C18H16Cl2O4. The minimum Gasteiger partial charge on any atom is -0.462 e. The topological polar surface area (TPSA) is 47.9 Å². The van der Waals surface area contributed by atoms with E-state index < -0.39 is 5.79 Å². The van der Waals surface area contributed by atoms with Crippen molar-refractivity contribution in [2.75, 3.05) is 6.79 Å². The molecule has 0 fully saturated rings. The molecule has 6 heteroatoms. The van der Waals surface area contributed by atoms with Crippen molar-refractivity contribution in [3.63, 3.8) is 0 Å². The zero-order chi connectivity index (χ0) is 17.1. The standard InChI is InChI=1S/C18H16Cl2O4/c1-9-17(10-3-4-12(19)13(20)5-10)11-6-15-16(23-8-22-15)7-14(11)24-18(9,2)21/h3-7,9,17,21H,8H2,1-2H3/t9-,17+,18+/m0/s1. The zero-order valence-electron chi connectivity index (χ0n) is 13.2. The number of fused-ring (bicyclic) bond motifs is 2. The van der Waals surface area contributed by atoms with Crippen LogP contribution >= 0.6 is 23.2 Å². The summed E-state index contributed by atoms with van der Waals surface area (Å²) >= 11 is 12.2. The molecule has 0 saturated carbocycles. The first-order chi connectivity index (χ1) is 11.4. The number of ether oxygens (including phenoxy) is 3. The van der Waals surface area contributed by atoms with Gasteiger partial charge in [-0.2, -0.15) is 0 Å². The molecule has 0 amide bonds. The fourth-order valence-corrected chi connectivity index (χ4v) is 3.65. The van der Waals surface area contributed by atoms with Crippen molar-refractivity contribution in [2.45, 2.75) is 25.6 Å². The van der Waals surface area contributed by atoms with E-state index in [1.54, 1.807) is 19.1 Å². The highest BCUT2D eigenvalue weighted by Gasteiger charge is 2.44. The molecule has 0 aromatic heterocycles. The molecule has 2 aliphatic heterocycles. The third-order valence-corrected chi connectivity index (χ3v) is 5.54. The second kappa shape index (κ2) is 5.45. The van der Waals surface area contributed by atoms with Crippen molar-refractivity contribution in [2.24, 2.45) is 5.92 Å². The monoisotopic (exact) mass is 366 g/mol. The predicted octanol–water partition coefficient (Wildman–Crippen LogP) is 4.59. The first-order valence-electron chi connectivity index (χ1n) is 7.66. The van der Waals surface area contributed by atoms with Crippen LogP contribution in [0.4, 0.5) is 0 Å². The molecule has 0 bridgehead atoms. The third-order valence-electron chi connectivity index (χ3n) is 4.80. The number of rotatable bonds is 1. The molecule has 2 heterocycles. The molecule has 2 aromatic carbocycles. The Balaban J connectivity index is 1.90. The molecule has 0 unspecified atom stereocenters. The zero-order valence-corrected chi connectivity index (χ0v) is 14.7. The Bertz CT molecular complexity index is 819. The van der Waals surface area contributed by atoms with Gasteiger partial charge in [0.05, 0.1) is 10.0 Å². The Morgan fingerprint density at radius 3 is 2.46 bits per heavy atom. The number of hydrogen-bond acceptors (Lipinski definition) is 4. The Morgan fingerprint density at radius 2 is 1.75 bits per heavy atom. The molecule has 24 heavy (non-hydrogen) atoms. The molecule has 4 nitrogen and oxygen atoms in total. The molecular weight excluding hydrogens is 351 g/mol. The highest BCUT2D eigenvalue weighted by molar-refractivity contribution is 6.42. The van der Waals surface area contributed by atoms with E-state index in [-0.39, 0.29) is 18.6 Å². The van der Waals surface area contributed by atoms with Crippen molar-refractivity contribution in [3.05, 3.63) is 51.5 Å². The lowest BCUT2D eigenvalue weighted by Gasteiger charge is -2.42. The predicted molar refractivity (Wildman–Crippen MR) is 91.3 cm³/mol. The molecule has 0 radical (unpaired) electrons. The molecule has 2 aromatic rings. The van der Waals surface area contributed by atoms with Crippen molar-refractivity contribution in [3.8, 4) is 17.2 Å². The SMILES string of the molecule is C[C@H]1[C@H](c2ccc(Cl)c(Cl)c2)c2cc3c(cc2O[C@@]1(C)O)OCO3. The van der Waals surface area contributed by atoms with Crippen LogP contribution in [0.3, 0.4) is 0 Å². The van der Waals surface area contributed by atoms with E-state index >= 15 is 0 Å². The lowest BCUT2D eigenvalue weighted by Crippen LogP contribution is -2.45. The summed E-state index contributed by atoms with van der Waals surface area (Å²) in [4.78, 5) is 0. The Morgan fingerprint density at radius 1 is 1.04 bits per heavy atom. The van der Waals surface area contributed by atoms with Crippen LogP contribution in [0.15, 0.2) is 30.3 Å². The highest BCUT2D eigenvalue weighted by Crippen LogP contribution is 2.51. The molecule has 0 aliphatic carbocycles. The van der Waals surface area contributed by atoms with Gasteiger partial charge in [-0.1, -0.05) is 36.2 Å². The molecule has 1 N–H and O–H groups in total. The van der Waals surface area contributed by atoms with Crippen LogP contribution < -0.4 is 14.2 Å². The number of benzene rings is 2. The lowest BCUT2D eigenvalue weighted by molar-refractivity contribution is -0.171. The Kier molecular flexibility index (Phi) is 3.60. The van der Waals surface area contributed by atoms with Crippen LogP contribution in [0.2, 0.25) is 10.0 Å². The van der Waals surface area contributed by atoms with Gasteiger partial charge in [0.1, 0.15) is 5.75 Å². The first kappa shape index (κ1) is 15.9. The normalized spacial score (nSPS) is 27.5. The Hall–Kier alpha value is -1.62. The largest absolute Gasteiger partial charge is 0.462 e. The Labute approximate surface area is 149 Å². The second-order valence-electron chi connectivity index (χ2n) is 6.34. The van der Waals surface area contributed by atoms with Crippen LogP contribution in [-0.4, -0.2) is 17.7 Å². The summed E-state index contributed by atoms with van der Waals surface area (Å²) in [6.45, 7) is 3.79. The van der Waals surface area contributed by atoms with Gasteiger partial charge in [-0.15, -0.1) is 0 Å². The van der Waals surface area contributed by atoms with Crippen LogP contribution in [-0.2, 0) is 0 Å². The third kappa shape index (κ3) is 2.41. The maximum Gasteiger partial charge on any atom is 0.231 e. The van der Waals surface area contributed by atoms with E-state index in [2.05, 4.69) is 0 Å². The first-order valence-corrected chi connectivity index (χ1v) is 8.42. The second-order valence-corrected chi connectivity index (χ2v) is 7.15. The van der Waals surface area contributed by atoms with Crippen molar-refractivity contribution in [1.82, 2.24) is 0 Å². The summed E-state index contributed by atoms with van der Waals surface area (Å²) < 4.78 is 16.7. The molecule has 0 saturated heterocycles. The van der Waals surface area contributed by atoms with Gasteiger partial charge in [-0.05, 0) is 23.8 Å². The fraction of sp³-hybridized carbons (Fsp3) is 0.333. The summed E-state index contributed by atoms with van der Waals surface area (Å²) in [7, 11) is 0. The van der Waals surface area contributed by atoms with Gasteiger partial charge in [-0.25, -0.2) is 0 Å². The summed E-state index contributed by atoms with van der Waals surface area (Å²) in [6.07, 6.45) is 0. The maximum absolute atomic E-state index is 10.7. The average Bonchev–Trinajstić information content (AvgIpc) is 2.97. The van der Waals surface area contributed by atoms with E-state index in [1.807, 2.05) is 25.1 Å². The number of aliphatic hydroxyl groups is 1. The quantitative estimate of drug-likeness (QED) is 0.801. The summed E-state index contributed by atoms with van der Waals surface area (Å²) in [5.74, 6) is 0.231. The van der Waals surface area contributed by atoms with Gasteiger partial charge in [0.15, 0.2) is 11.5 Å². The van der Waals surface area contributed by atoms with Crippen LogP contribution in [0.5, 0.6) is 17.2 Å². The van der Waals surface area contributed by atoms with Gasteiger partial charge in [0.25, 0.3) is 0 Å². The van der Waals surface area contributed by atoms with Crippen molar-refractivity contribution >= 4 is 23.2 Å². The van der Waals surface area contributed by atoms with E-state index in [0.717, 1.165) is 11.1 Å². The number of halogens is 2. The van der Waals surface area contributed by atoms with Gasteiger partial charge in [0, 0.05) is 30.4 Å². The molecule has 3 atom stereocenters. The van der Waals surface area contributed by atoms with E-state index in [9.17, 15) is 5.11 Å². The highest BCUT2D eigenvalue weighted by atomic mass is 35.5. The maximum atomic E-state index is 10.7. The van der Waals surface area contributed by atoms with Crippen LogP contribution in [0.25, 0.3) is 0 Å². The molecule has 0 spiro atoms. The van der Waals surface area contributed by atoms with Gasteiger partial charge in [-0.3, -0.25) is 0 Å². The van der Waals surface area contributed by atoms with Crippen LogP contribution in [0.1, 0.15) is 30.9 Å². The van der Waals surface area contributed by atoms with Gasteiger partial charge >= 0.3 is 0 Å². The number of hydrogen-bond donors (Lipinski definition) is 1. The van der Waals surface area contributed by atoms with E-state index in [4.69, 9.17) is 37.4 Å². The average molecular weight is 367 g/mol. The summed E-state index contributed by atoms with van der Waals surface area (Å²) in [5.41, 5.74) is 1.89. The van der Waals surface area contributed by atoms with Gasteiger partial charge < -0.3 is 19.3 Å². The smallest absolute Gasteiger partial charge is 0.231 e. The minimum absolute atomic E-state index is 0.118. The minimum atomic E-state index is -1.32.